The van der Waals surface area contributed by atoms with Crippen LogP contribution in [0, 0.1) is 0 Å². The first-order valence-corrected chi connectivity index (χ1v) is 7.31. The third kappa shape index (κ3) is 4.76. The summed E-state index contributed by atoms with van der Waals surface area (Å²) in [5.74, 6) is 0.879. The molecule has 0 saturated heterocycles. The fourth-order valence-corrected chi connectivity index (χ4v) is 2.26. The lowest BCUT2D eigenvalue weighted by Gasteiger charge is -2.25. The molecular formula is C17H23N3O. The number of methoxy groups -OCH3 is 1. The van der Waals surface area contributed by atoms with E-state index in [9.17, 15) is 0 Å². The Morgan fingerprint density at radius 1 is 1.14 bits per heavy atom. The van der Waals surface area contributed by atoms with E-state index in [0.717, 1.165) is 31.7 Å². The molecule has 0 aliphatic carbocycles. The van der Waals surface area contributed by atoms with Crippen molar-refractivity contribution in [1.82, 2.24) is 4.98 Å². The molecule has 1 heterocycles. The minimum atomic E-state index is 0.708. The third-order valence-electron chi connectivity index (χ3n) is 3.46. The van der Waals surface area contributed by atoms with Crippen molar-refractivity contribution in [2.45, 2.75) is 12.8 Å². The first-order valence-electron chi connectivity index (χ1n) is 7.31. The Balaban J connectivity index is 2.02. The number of anilines is 1. The van der Waals surface area contributed by atoms with Crippen LogP contribution in [0.1, 0.15) is 12.0 Å². The van der Waals surface area contributed by atoms with Crippen LogP contribution in [0.25, 0.3) is 0 Å². The second kappa shape index (κ2) is 8.27. The molecule has 112 valence electrons. The van der Waals surface area contributed by atoms with Crippen molar-refractivity contribution in [2.75, 3.05) is 31.6 Å². The number of rotatable bonds is 8. The summed E-state index contributed by atoms with van der Waals surface area (Å²) in [5, 5.41) is 0. The number of aromatic nitrogens is 1. The van der Waals surface area contributed by atoms with E-state index in [0.29, 0.717) is 6.54 Å². The summed E-state index contributed by atoms with van der Waals surface area (Å²) in [6, 6.07) is 12.3. The highest BCUT2D eigenvalue weighted by molar-refractivity contribution is 5.49. The molecule has 2 aromatic rings. The normalized spacial score (nSPS) is 10.4. The van der Waals surface area contributed by atoms with E-state index in [1.807, 2.05) is 24.4 Å². The molecule has 0 aliphatic rings. The zero-order valence-electron chi connectivity index (χ0n) is 12.5. The highest BCUT2D eigenvalue weighted by Crippen LogP contribution is 2.19. The maximum Gasteiger partial charge on any atom is 0.119 e. The van der Waals surface area contributed by atoms with Crippen molar-refractivity contribution in [3.05, 3.63) is 54.4 Å². The molecule has 0 saturated carbocycles. The topological polar surface area (TPSA) is 51.4 Å². The third-order valence-corrected chi connectivity index (χ3v) is 3.46. The van der Waals surface area contributed by atoms with Crippen LogP contribution in [0.3, 0.4) is 0 Å². The van der Waals surface area contributed by atoms with Crippen LogP contribution in [0.5, 0.6) is 5.75 Å². The van der Waals surface area contributed by atoms with E-state index in [2.05, 4.69) is 28.1 Å². The Bertz CT molecular complexity index is 513. The fourth-order valence-electron chi connectivity index (χ4n) is 2.26. The predicted octanol–water partition coefficient (Wildman–Crippen LogP) is 2.49. The highest BCUT2D eigenvalue weighted by atomic mass is 16.5. The van der Waals surface area contributed by atoms with Crippen LogP contribution in [-0.2, 0) is 6.42 Å². The second-order valence-corrected chi connectivity index (χ2v) is 4.94. The van der Waals surface area contributed by atoms with Crippen molar-refractivity contribution in [3.63, 3.8) is 0 Å². The lowest BCUT2D eigenvalue weighted by atomic mass is 10.2. The first kappa shape index (κ1) is 15.3. The van der Waals surface area contributed by atoms with Crippen LogP contribution in [0.4, 0.5) is 5.69 Å². The Morgan fingerprint density at radius 2 is 1.95 bits per heavy atom. The average molecular weight is 285 g/mol. The van der Waals surface area contributed by atoms with Gasteiger partial charge < -0.3 is 15.4 Å². The summed E-state index contributed by atoms with van der Waals surface area (Å²) in [6.45, 7) is 2.63. The molecule has 0 fully saturated rings. The van der Waals surface area contributed by atoms with Crippen LogP contribution >= 0.6 is 0 Å². The quantitative estimate of drug-likeness (QED) is 0.809. The highest BCUT2D eigenvalue weighted by Gasteiger charge is 2.07. The van der Waals surface area contributed by atoms with Gasteiger partial charge in [0.2, 0.25) is 0 Å². The van der Waals surface area contributed by atoms with Gasteiger partial charge in [0.05, 0.1) is 7.11 Å². The molecule has 0 aliphatic heterocycles. The molecule has 4 heteroatoms. The van der Waals surface area contributed by atoms with Crippen molar-refractivity contribution in [2.24, 2.45) is 5.73 Å². The average Bonchev–Trinajstić information content (AvgIpc) is 2.56. The van der Waals surface area contributed by atoms with E-state index >= 15 is 0 Å². The summed E-state index contributed by atoms with van der Waals surface area (Å²) in [5.41, 5.74) is 8.11. The number of hydrogen-bond acceptors (Lipinski definition) is 4. The summed E-state index contributed by atoms with van der Waals surface area (Å²) in [6.07, 6.45) is 5.69. The summed E-state index contributed by atoms with van der Waals surface area (Å²) < 4.78 is 5.21. The number of ether oxygens (including phenoxy) is 1. The number of nitrogens with two attached hydrogens (primary N) is 1. The van der Waals surface area contributed by atoms with Gasteiger partial charge in [-0.1, -0.05) is 6.07 Å². The zero-order valence-corrected chi connectivity index (χ0v) is 12.5. The van der Waals surface area contributed by atoms with Gasteiger partial charge in [0.25, 0.3) is 0 Å². The van der Waals surface area contributed by atoms with Gasteiger partial charge in [-0.05, 0) is 55.3 Å². The molecule has 21 heavy (non-hydrogen) atoms. The Morgan fingerprint density at radius 3 is 2.57 bits per heavy atom. The van der Waals surface area contributed by atoms with Crippen molar-refractivity contribution in [3.8, 4) is 5.75 Å². The summed E-state index contributed by atoms with van der Waals surface area (Å²) in [4.78, 5) is 6.53. The lowest BCUT2D eigenvalue weighted by molar-refractivity contribution is 0.415. The molecule has 1 aromatic heterocycles. The molecule has 0 atom stereocenters. The minimum absolute atomic E-state index is 0.708. The number of pyridine rings is 1. The van der Waals surface area contributed by atoms with E-state index in [-0.39, 0.29) is 0 Å². The smallest absolute Gasteiger partial charge is 0.119 e. The van der Waals surface area contributed by atoms with E-state index < -0.39 is 0 Å². The maximum absolute atomic E-state index is 5.65. The second-order valence-electron chi connectivity index (χ2n) is 4.94. The van der Waals surface area contributed by atoms with Gasteiger partial charge in [-0.2, -0.15) is 0 Å². The Hall–Kier alpha value is -2.07. The molecule has 0 spiro atoms. The molecule has 0 amide bonds. The lowest BCUT2D eigenvalue weighted by Crippen LogP contribution is -2.28. The van der Waals surface area contributed by atoms with Crippen LogP contribution in [0.15, 0.2) is 48.8 Å². The van der Waals surface area contributed by atoms with E-state index in [1.54, 1.807) is 13.3 Å². The van der Waals surface area contributed by atoms with Crippen LogP contribution in [-0.4, -0.2) is 31.7 Å². The van der Waals surface area contributed by atoms with Gasteiger partial charge in [0.15, 0.2) is 0 Å². The van der Waals surface area contributed by atoms with Crippen LogP contribution < -0.4 is 15.4 Å². The number of hydrogen-bond donors (Lipinski definition) is 1. The van der Waals surface area contributed by atoms with Gasteiger partial charge in [-0.15, -0.1) is 0 Å². The molecular weight excluding hydrogens is 262 g/mol. The first-order chi connectivity index (χ1) is 10.3. The molecule has 4 nitrogen and oxygen atoms in total. The minimum Gasteiger partial charge on any atom is -0.497 e. The SMILES string of the molecule is COc1ccc(N(CCCN)CCc2cccnc2)cc1. The van der Waals surface area contributed by atoms with Crippen LogP contribution in [0.2, 0.25) is 0 Å². The standard InChI is InChI=1S/C17H23N3O/c1-21-17-7-5-16(6-8-17)20(12-3-10-18)13-9-15-4-2-11-19-14-15/h2,4-8,11,14H,3,9-10,12-13,18H2,1H3. The number of benzene rings is 1. The molecule has 0 unspecified atom stereocenters. The maximum atomic E-state index is 5.65. The number of nitrogens with zero attached hydrogens (tertiary/aromatic N) is 2. The molecule has 2 rings (SSSR count). The fraction of sp³-hybridized carbons (Fsp3) is 0.353. The molecule has 2 N–H and O–H groups in total. The Kier molecular flexibility index (Phi) is 6.03. The summed E-state index contributed by atoms with van der Waals surface area (Å²) in [7, 11) is 1.68. The molecule has 0 radical (unpaired) electrons. The summed E-state index contributed by atoms with van der Waals surface area (Å²) >= 11 is 0. The zero-order chi connectivity index (χ0) is 14.9. The Labute approximate surface area is 126 Å². The largest absolute Gasteiger partial charge is 0.497 e. The predicted molar refractivity (Wildman–Crippen MR) is 86.8 cm³/mol. The van der Waals surface area contributed by atoms with Gasteiger partial charge >= 0.3 is 0 Å². The molecule has 0 bridgehead atoms. The molecule has 1 aromatic carbocycles. The van der Waals surface area contributed by atoms with Gasteiger partial charge in [0.1, 0.15) is 5.75 Å². The van der Waals surface area contributed by atoms with Crippen molar-refractivity contribution in [1.29, 1.82) is 0 Å². The van der Waals surface area contributed by atoms with Crippen molar-refractivity contribution < 1.29 is 4.74 Å². The van der Waals surface area contributed by atoms with Gasteiger partial charge in [0, 0.05) is 31.2 Å². The van der Waals surface area contributed by atoms with E-state index in [1.165, 1.54) is 11.3 Å². The van der Waals surface area contributed by atoms with Gasteiger partial charge in [-0.25, -0.2) is 0 Å². The monoisotopic (exact) mass is 285 g/mol. The van der Waals surface area contributed by atoms with E-state index in [4.69, 9.17) is 10.5 Å². The van der Waals surface area contributed by atoms with Crippen molar-refractivity contribution >= 4 is 5.69 Å². The van der Waals surface area contributed by atoms with Gasteiger partial charge in [-0.3, -0.25) is 4.98 Å².